The summed E-state index contributed by atoms with van der Waals surface area (Å²) in [5.41, 5.74) is 13.5. The molecule has 0 saturated heterocycles. The molecule has 6 nitrogen and oxygen atoms in total. The summed E-state index contributed by atoms with van der Waals surface area (Å²) >= 11 is 3.71. The van der Waals surface area contributed by atoms with Gasteiger partial charge >= 0.3 is 0 Å². The van der Waals surface area contributed by atoms with Crippen molar-refractivity contribution in [1.82, 2.24) is 19.1 Å². The van der Waals surface area contributed by atoms with Crippen molar-refractivity contribution < 1.29 is 8.83 Å². The van der Waals surface area contributed by atoms with Crippen molar-refractivity contribution in [2.24, 2.45) is 0 Å². The zero-order chi connectivity index (χ0) is 45.6. The van der Waals surface area contributed by atoms with Gasteiger partial charge in [-0.25, -0.2) is 9.97 Å². The Hall–Kier alpha value is -8.82. The van der Waals surface area contributed by atoms with E-state index in [2.05, 4.69) is 191 Å². The molecule has 10 aromatic carbocycles. The number of hydrogen-bond donors (Lipinski definition) is 0. The molecule has 6 heterocycles. The molecule has 16 aromatic rings. The van der Waals surface area contributed by atoms with Crippen LogP contribution >= 0.6 is 22.7 Å². The molecule has 0 aliphatic carbocycles. The first-order chi connectivity index (χ1) is 34.7. The third-order valence-electron chi connectivity index (χ3n) is 14.2. The van der Waals surface area contributed by atoms with E-state index < -0.39 is 0 Å². The van der Waals surface area contributed by atoms with Gasteiger partial charge in [-0.15, -0.1) is 22.7 Å². The lowest BCUT2D eigenvalue weighted by molar-refractivity contribution is 0.619. The van der Waals surface area contributed by atoms with E-state index in [1.165, 1.54) is 84.0 Å². The molecule has 0 fully saturated rings. The lowest BCUT2D eigenvalue weighted by atomic mass is 10.0. The average molecular weight is 931 g/mol. The van der Waals surface area contributed by atoms with Crippen molar-refractivity contribution in [3.05, 3.63) is 206 Å². The van der Waals surface area contributed by atoms with E-state index in [1.807, 2.05) is 46.9 Å². The predicted octanol–water partition coefficient (Wildman–Crippen LogP) is 17.9. The molecule has 0 N–H and O–H groups in total. The fraction of sp³-hybridized carbons (Fsp3) is 0. The van der Waals surface area contributed by atoms with Gasteiger partial charge in [0.25, 0.3) is 0 Å². The van der Waals surface area contributed by atoms with Crippen LogP contribution in [0.3, 0.4) is 0 Å². The Morgan fingerprint density at radius 1 is 0.314 bits per heavy atom. The van der Waals surface area contributed by atoms with Gasteiger partial charge in [0.15, 0.2) is 11.2 Å². The number of rotatable bonds is 5. The molecule has 0 saturated carbocycles. The maximum atomic E-state index is 6.52. The number of thiophene rings is 2. The Bertz CT molecular complexity index is 4520. The molecule has 326 valence electrons. The summed E-state index contributed by atoms with van der Waals surface area (Å²) < 4.78 is 23.0. The lowest BCUT2D eigenvalue weighted by Crippen LogP contribution is -1.93. The van der Waals surface area contributed by atoms with E-state index >= 15 is 0 Å². The van der Waals surface area contributed by atoms with Crippen LogP contribution in [-0.2, 0) is 0 Å². The molecule has 0 atom stereocenters. The van der Waals surface area contributed by atoms with Crippen molar-refractivity contribution >= 4 is 129 Å². The van der Waals surface area contributed by atoms with Gasteiger partial charge in [-0.1, -0.05) is 97.1 Å². The Morgan fingerprint density at radius 3 is 1.19 bits per heavy atom. The smallest absolute Gasteiger partial charge is 0.227 e. The highest BCUT2D eigenvalue weighted by Gasteiger charge is 2.22. The molecule has 6 aromatic heterocycles. The van der Waals surface area contributed by atoms with E-state index in [-0.39, 0.29) is 0 Å². The second kappa shape index (κ2) is 14.4. The zero-order valence-electron chi connectivity index (χ0n) is 37.1. The van der Waals surface area contributed by atoms with Crippen molar-refractivity contribution in [3.63, 3.8) is 0 Å². The SMILES string of the molecule is c1cc(-c2cccc3oc(-c4ccc(-n5c6ccccc6c6c7c(ccc65)sc5ccccc57)cc4)nc23)c2nc(-c3ccc(-n4c5ccccc5c5c6c(ccc54)sc4ccccc46)cc3)oc2c1. The summed E-state index contributed by atoms with van der Waals surface area (Å²) in [6.45, 7) is 0. The molecule has 16 rings (SSSR count). The van der Waals surface area contributed by atoms with E-state index in [0.717, 1.165) is 44.7 Å². The van der Waals surface area contributed by atoms with E-state index in [9.17, 15) is 0 Å². The molecule has 0 aliphatic heterocycles. The summed E-state index contributed by atoms with van der Waals surface area (Å²) in [6, 6.07) is 73.3. The van der Waals surface area contributed by atoms with E-state index in [0.29, 0.717) is 22.9 Å². The van der Waals surface area contributed by atoms with Crippen LogP contribution in [0.15, 0.2) is 215 Å². The summed E-state index contributed by atoms with van der Waals surface area (Å²) in [5.74, 6) is 1.12. The molecule has 0 radical (unpaired) electrons. The van der Waals surface area contributed by atoms with Crippen LogP contribution in [0.2, 0.25) is 0 Å². The molecule has 0 spiro atoms. The number of aromatic nitrogens is 4. The fourth-order valence-corrected chi connectivity index (χ4v) is 13.4. The van der Waals surface area contributed by atoms with Gasteiger partial charge in [-0.2, -0.15) is 0 Å². The summed E-state index contributed by atoms with van der Waals surface area (Å²) in [5, 5.41) is 10.3. The maximum absolute atomic E-state index is 6.52. The van der Waals surface area contributed by atoms with Gasteiger partial charge < -0.3 is 18.0 Å². The molecular formula is C62H34N4O2S2. The first kappa shape index (κ1) is 38.2. The fourth-order valence-electron chi connectivity index (χ4n) is 11.2. The van der Waals surface area contributed by atoms with Crippen LogP contribution in [0.1, 0.15) is 0 Å². The minimum Gasteiger partial charge on any atom is -0.436 e. The first-order valence-corrected chi connectivity index (χ1v) is 25.0. The molecule has 0 bridgehead atoms. The van der Waals surface area contributed by atoms with Crippen LogP contribution in [-0.4, -0.2) is 19.1 Å². The second-order valence-corrected chi connectivity index (χ2v) is 20.2. The third-order valence-corrected chi connectivity index (χ3v) is 16.5. The standard InChI is InChI=1S/C62H34N4O2S2/c1-5-17-45-41(11-1)55-47(31-33-53-57(55)43-13-3-7-21-51(43)69-53)65(45)37-27-23-35(24-28-37)61-63-59-39(15-9-19-49(59)67-61)40-16-10-20-50-60(40)64-62(68-50)36-25-29-38(30-26-36)66-46-18-6-2-12-42(46)56-48(66)32-34-54-58(56)44-14-4-8-22-52(44)70-54/h1-34H. The number of benzene rings is 10. The summed E-state index contributed by atoms with van der Waals surface area (Å²) in [7, 11) is 0. The van der Waals surface area contributed by atoms with Gasteiger partial charge in [-0.05, 0) is 109 Å². The number of fused-ring (bicyclic) bond motifs is 16. The lowest BCUT2D eigenvalue weighted by Gasteiger charge is -2.08. The summed E-state index contributed by atoms with van der Waals surface area (Å²) in [6.07, 6.45) is 0. The molecule has 70 heavy (non-hydrogen) atoms. The normalized spacial score (nSPS) is 12.3. The van der Waals surface area contributed by atoms with Gasteiger partial charge in [0, 0.05) is 95.5 Å². The first-order valence-electron chi connectivity index (χ1n) is 23.4. The second-order valence-electron chi connectivity index (χ2n) is 18.0. The van der Waals surface area contributed by atoms with Gasteiger partial charge in [0.2, 0.25) is 11.8 Å². The minimum atomic E-state index is 0.562. The topological polar surface area (TPSA) is 61.9 Å². The van der Waals surface area contributed by atoms with Crippen molar-refractivity contribution in [3.8, 4) is 45.4 Å². The highest BCUT2D eigenvalue weighted by Crippen LogP contribution is 2.46. The molecule has 0 aliphatic rings. The van der Waals surface area contributed by atoms with Crippen LogP contribution < -0.4 is 0 Å². The van der Waals surface area contributed by atoms with Crippen molar-refractivity contribution in [2.75, 3.05) is 0 Å². The number of para-hydroxylation sites is 4. The minimum absolute atomic E-state index is 0.562. The number of hydrogen-bond acceptors (Lipinski definition) is 6. The highest BCUT2D eigenvalue weighted by molar-refractivity contribution is 7.26. The molecular weight excluding hydrogens is 897 g/mol. The van der Waals surface area contributed by atoms with Gasteiger partial charge in [0.05, 0.1) is 22.1 Å². The van der Waals surface area contributed by atoms with Crippen molar-refractivity contribution in [1.29, 1.82) is 0 Å². The predicted molar refractivity (Wildman–Crippen MR) is 292 cm³/mol. The van der Waals surface area contributed by atoms with Gasteiger partial charge in [-0.3, -0.25) is 0 Å². The number of oxazole rings is 2. The van der Waals surface area contributed by atoms with Gasteiger partial charge in [0.1, 0.15) is 11.0 Å². The zero-order valence-corrected chi connectivity index (χ0v) is 38.7. The number of nitrogens with zero attached hydrogens (tertiary/aromatic N) is 4. The Balaban J connectivity index is 0.753. The van der Waals surface area contributed by atoms with Crippen LogP contribution in [0, 0.1) is 0 Å². The quantitative estimate of drug-likeness (QED) is 0.172. The molecule has 8 heteroatoms. The maximum Gasteiger partial charge on any atom is 0.227 e. The van der Waals surface area contributed by atoms with Crippen LogP contribution in [0.25, 0.3) is 152 Å². The van der Waals surface area contributed by atoms with Crippen LogP contribution in [0.5, 0.6) is 0 Å². The molecule has 0 amide bonds. The van der Waals surface area contributed by atoms with Crippen LogP contribution in [0.4, 0.5) is 0 Å². The summed E-state index contributed by atoms with van der Waals surface area (Å²) in [4.78, 5) is 10.3. The third kappa shape index (κ3) is 5.37. The van der Waals surface area contributed by atoms with E-state index in [4.69, 9.17) is 18.8 Å². The molecule has 0 unspecified atom stereocenters. The highest BCUT2D eigenvalue weighted by atomic mass is 32.1. The average Bonchev–Trinajstić information content (AvgIpc) is 4.28. The largest absolute Gasteiger partial charge is 0.436 e. The van der Waals surface area contributed by atoms with Crippen molar-refractivity contribution in [2.45, 2.75) is 0 Å². The Morgan fingerprint density at radius 2 is 0.729 bits per heavy atom. The Kier molecular flexibility index (Phi) is 7.83. The monoisotopic (exact) mass is 930 g/mol. The van der Waals surface area contributed by atoms with E-state index in [1.54, 1.807) is 0 Å². The Labute approximate surface area is 406 Å².